The zero-order valence-corrected chi connectivity index (χ0v) is 16.8. The molecule has 0 aliphatic heterocycles. The van der Waals surface area contributed by atoms with Crippen molar-refractivity contribution in [2.24, 2.45) is 0 Å². The lowest BCUT2D eigenvalue weighted by atomic mass is 9.88. The van der Waals surface area contributed by atoms with Crippen molar-refractivity contribution in [1.29, 1.82) is 0 Å². The summed E-state index contributed by atoms with van der Waals surface area (Å²) in [6, 6.07) is 19.7. The lowest BCUT2D eigenvalue weighted by Gasteiger charge is -2.20. The van der Waals surface area contributed by atoms with Crippen molar-refractivity contribution >= 4 is 11.9 Å². The van der Waals surface area contributed by atoms with E-state index in [9.17, 15) is 9.59 Å². The second-order valence-electron chi connectivity index (χ2n) is 6.93. The topological polar surface area (TPSA) is 70.2 Å². The molecule has 2 rings (SSSR count). The van der Waals surface area contributed by atoms with Gasteiger partial charge < -0.3 is 16.0 Å². The van der Waals surface area contributed by atoms with Crippen LogP contribution >= 0.6 is 0 Å². The summed E-state index contributed by atoms with van der Waals surface area (Å²) in [6.45, 7) is 4.91. The molecule has 0 spiro atoms. The molecule has 5 nitrogen and oxygen atoms in total. The molecule has 0 heterocycles. The highest BCUT2D eigenvalue weighted by Crippen LogP contribution is 2.27. The average molecular weight is 382 g/mol. The Balaban J connectivity index is 1.86. The van der Waals surface area contributed by atoms with Gasteiger partial charge in [-0.25, -0.2) is 4.79 Å². The summed E-state index contributed by atoms with van der Waals surface area (Å²) in [5, 5.41) is 8.38. The van der Waals surface area contributed by atoms with Crippen LogP contribution in [-0.4, -0.2) is 31.1 Å². The molecule has 28 heavy (non-hydrogen) atoms. The summed E-state index contributed by atoms with van der Waals surface area (Å²) in [4.78, 5) is 24.1. The Hall–Kier alpha value is -2.82. The number of carbonyl (C=O) groups excluding carboxylic acids is 2. The molecular weight excluding hydrogens is 350 g/mol. The van der Waals surface area contributed by atoms with Crippen LogP contribution in [0, 0.1) is 0 Å². The smallest absolute Gasteiger partial charge is 0.315 e. The highest BCUT2D eigenvalue weighted by molar-refractivity contribution is 5.86. The first kappa shape index (κ1) is 21.5. The first-order valence-electron chi connectivity index (χ1n) is 10.0. The Morgan fingerprint density at radius 3 is 1.96 bits per heavy atom. The van der Waals surface area contributed by atoms with Crippen molar-refractivity contribution in [2.75, 3.05) is 13.1 Å². The Kier molecular flexibility index (Phi) is 9.05. The number of carbonyl (C=O) groups is 2. The van der Waals surface area contributed by atoms with Gasteiger partial charge in [0.15, 0.2) is 0 Å². The highest BCUT2D eigenvalue weighted by Gasteiger charge is 2.17. The first-order chi connectivity index (χ1) is 13.6. The predicted octanol–water partition coefficient (Wildman–Crippen LogP) is 3.81. The molecule has 3 amide bonds. The molecule has 2 aromatic carbocycles. The summed E-state index contributed by atoms with van der Waals surface area (Å²) in [5.41, 5.74) is 2.45. The van der Waals surface area contributed by atoms with Crippen LogP contribution in [0.5, 0.6) is 0 Å². The van der Waals surface area contributed by atoms with Gasteiger partial charge in [-0.05, 0) is 30.9 Å². The van der Waals surface area contributed by atoms with Gasteiger partial charge in [0.1, 0.15) is 6.04 Å². The Labute approximate surface area is 167 Å². The molecule has 0 fully saturated rings. The van der Waals surface area contributed by atoms with Crippen molar-refractivity contribution in [3.05, 3.63) is 71.8 Å². The lowest BCUT2D eigenvalue weighted by Crippen LogP contribution is -2.48. The fourth-order valence-electron chi connectivity index (χ4n) is 3.08. The summed E-state index contributed by atoms with van der Waals surface area (Å²) in [7, 11) is 0. The molecule has 5 heteroatoms. The molecule has 0 aliphatic rings. The van der Waals surface area contributed by atoms with E-state index in [0.717, 1.165) is 19.3 Å². The number of hydrogen-bond acceptors (Lipinski definition) is 2. The molecule has 3 N–H and O–H groups in total. The summed E-state index contributed by atoms with van der Waals surface area (Å²) in [5.74, 6) is 0.0359. The van der Waals surface area contributed by atoms with Crippen LogP contribution in [0.1, 0.15) is 50.2 Å². The third-order valence-electron chi connectivity index (χ3n) is 4.69. The van der Waals surface area contributed by atoms with E-state index in [-0.39, 0.29) is 17.9 Å². The van der Waals surface area contributed by atoms with Crippen LogP contribution in [0.3, 0.4) is 0 Å². The number of unbranched alkanes of at least 4 members (excludes halogenated alkanes) is 1. The van der Waals surface area contributed by atoms with Crippen LogP contribution in [0.25, 0.3) is 0 Å². The molecule has 0 saturated heterocycles. The Morgan fingerprint density at radius 2 is 1.43 bits per heavy atom. The van der Waals surface area contributed by atoms with Gasteiger partial charge in [0.25, 0.3) is 0 Å². The molecule has 0 bridgehead atoms. The molecule has 1 atom stereocenters. The molecule has 0 aliphatic carbocycles. The maximum absolute atomic E-state index is 12.3. The van der Waals surface area contributed by atoms with Gasteiger partial charge in [0, 0.05) is 19.0 Å². The average Bonchev–Trinajstić information content (AvgIpc) is 2.72. The van der Waals surface area contributed by atoms with Crippen molar-refractivity contribution in [3.8, 4) is 0 Å². The highest BCUT2D eigenvalue weighted by atomic mass is 16.2. The summed E-state index contributed by atoms with van der Waals surface area (Å²) in [6.07, 6.45) is 2.73. The Morgan fingerprint density at radius 1 is 0.857 bits per heavy atom. The standard InChI is InChI=1S/C23H31N3O2/c1-3-4-16-25-23(28)26-18(2)22(27)24-17-15-21(19-11-7-5-8-12-19)20-13-9-6-10-14-20/h5-14,18,21H,3-4,15-17H2,1-2H3,(H,24,27)(H2,25,26,28). The van der Waals surface area contributed by atoms with Crippen molar-refractivity contribution < 1.29 is 9.59 Å². The number of amides is 3. The number of benzene rings is 2. The summed E-state index contributed by atoms with van der Waals surface area (Å²) < 4.78 is 0. The number of urea groups is 1. The van der Waals surface area contributed by atoms with Gasteiger partial charge in [0.05, 0.1) is 0 Å². The zero-order chi connectivity index (χ0) is 20.2. The minimum absolute atomic E-state index is 0.175. The second kappa shape index (κ2) is 11.8. The minimum atomic E-state index is -0.575. The van der Waals surface area contributed by atoms with Crippen LogP contribution < -0.4 is 16.0 Å². The molecule has 2 aromatic rings. The van der Waals surface area contributed by atoms with E-state index in [2.05, 4.69) is 47.1 Å². The maximum atomic E-state index is 12.3. The normalized spacial score (nSPS) is 11.7. The fourth-order valence-corrected chi connectivity index (χ4v) is 3.08. The van der Waals surface area contributed by atoms with Gasteiger partial charge in [0.2, 0.25) is 5.91 Å². The fraction of sp³-hybridized carbons (Fsp3) is 0.391. The van der Waals surface area contributed by atoms with E-state index < -0.39 is 6.04 Å². The molecule has 0 radical (unpaired) electrons. The van der Waals surface area contributed by atoms with Crippen molar-refractivity contribution in [1.82, 2.24) is 16.0 Å². The van der Waals surface area contributed by atoms with E-state index in [1.54, 1.807) is 6.92 Å². The molecule has 0 aromatic heterocycles. The van der Waals surface area contributed by atoms with Gasteiger partial charge in [-0.2, -0.15) is 0 Å². The van der Waals surface area contributed by atoms with Crippen LogP contribution in [0.15, 0.2) is 60.7 Å². The number of hydrogen-bond donors (Lipinski definition) is 3. The maximum Gasteiger partial charge on any atom is 0.315 e. The third-order valence-corrected chi connectivity index (χ3v) is 4.69. The molecule has 0 saturated carbocycles. The Bertz CT molecular complexity index is 680. The van der Waals surface area contributed by atoms with E-state index in [4.69, 9.17) is 0 Å². The van der Waals surface area contributed by atoms with Gasteiger partial charge in [-0.15, -0.1) is 0 Å². The number of nitrogens with one attached hydrogen (secondary N) is 3. The van der Waals surface area contributed by atoms with Gasteiger partial charge >= 0.3 is 6.03 Å². The van der Waals surface area contributed by atoms with Gasteiger partial charge in [-0.1, -0.05) is 74.0 Å². The van der Waals surface area contributed by atoms with E-state index >= 15 is 0 Å². The third kappa shape index (κ3) is 7.06. The van der Waals surface area contributed by atoms with Crippen LogP contribution in [0.2, 0.25) is 0 Å². The van der Waals surface area contributed by atoms with E-state index in [1.807, 2.05) is 36.4 Å². The van der Waals surface area contributed by atoms with Gasteiger partial charge in [-0.3, -0.25) is 4.79 Å². The first-order valence-corrected chi connectivity index (χ1v) is 10.0. The van der Waals surface area contributed by atoms with Crippen molar-refractivity contribution in [2.45, 2.75) is 45.1 Å². The SMILES string of the molecule is CCCCNC(=O)NC(C)C(=O)NCCC(c1ccccc1)c1ccccc1. The van der Waals surface area contributed by atoms with E-state index in [1.165, 1.54) is 11.1 Å². The van der Waals surface area contributed by atoms with Crippen LogP contribution in [0.4, 0.5) is 4.79 Å². The minimum Gasteiger partial charge on any atom is -0.354 e. The molecule has 150 valence electrons. The molecular formula is C23H31N3O2. The zero-order valence-electron chi connectivity index (χ0n) is 16.8. The van der Waals surface area contributed by atoms with Crippen molar-refractivity contribution in [3.63, 3.8) is 0 Å². The monoisotopic (exact) mass is 381 g/mol. The quantitative estimate of drug-likeness (QED) is 0.548. The predicted molar refractivity (Wildman–Crippen MR) is 113 cm³/mol. The number of rotatable bonds is 10. The molecule has 1 unspecified atom stereocenters. The van der Waals surface area contributed by atoms with E-state index in [0.29, 0.717) is 13.1 Å². The largest absolute Gasteiger partial charge is 0.354 e. The lowest BCUT2D eigenvalue weighted by molar-refractivity contribution is -0.122. The second-order valence-corrected chi connectivity index (χ2v) is 6.93. The summed E-state index contributed by atoms with van der Waals surface area (Å²) >= 11 is 0. The van der Waals surface area contributed by atoms with Crippen LogP contribution in [-0.2, 0) is 4.79 Å².